The first-order chi connectivity index (χ1) is 6.73. The highest BCUT2D eigenvalue weighted by Gasteiger charge is 2.22. The number of hydrogen-bond acceptors (Lipinski definition) is 1. The third-order valence-electron chi connectivity index (χ3n) is 2.08. The zero-order valence-electron chi connectivity index (χ0n) is 8.77. The quantitative estimate of drug-likeness (QED) is 0.814. The Balaban J connectivity index is 3.49. The molecule has 0 aromatic heterocycles. The van der Waals surface area contributed by atoms with Crippen molar-refractivity contribution < 1.29 is 9.90 Å². The van der Waals surface area contributed by atoms with Gasteiger partial charge in [0.25, 0.3) is 0 Å². The van der Waals surface area contributed by atoms with Crippen molar-refractivity contribution in [3.05, 3.63) is 33.3 Å². The fourth-order valence-corrected chi connectivity index (χ4v) is 1.98. The molecule has 0 radical (unpaired) electrons. The molecule has 4 heteroatoms. The highest BCUT2D eigenvalue weighted by Crippen LogP contribution is 2.34. The molecule has 0 saturated carbocycles. The number of carbonyl (C=O) groups is 1. The van der Waals surface area contributed by atoms with Crippen LogP contribution in [0, 0.1) is 0 Å². The summed E-state index contributed by atoms with van der Waals surface area (Å²) < 4.78 is 0. The van der Waals surface area contributed by atoms with Gasteiger partial charge in [0.05, 0.1) is 10.6 Å². The molecule has 15 heavy (non-hydrogen) atoms. The average molecular weight is 247 g/mol. The molecule has 1 N–H and O–H groups in total. The van der Waals surface area contributed by atoms with E-state index >= 15 is 0 Å². The molecule has 1 aromatic carbocycles. The van der Waals surface area contributed by atoms with Crippen molar-refractivity contribution in [2.75, 3.05) is 0 Å². The predicted octanol–water partition coefficient (Wildman–Crippen LogP) is 3.99. The Morgan fingerprint density at radius 1 is 1.27 bits per heavy atom. The van der Waals surface area contributed by atoms with E-state index in [2.05, 4.69) is 0 Å². The number of carboxylic acid groups (broad SMARTS) is 1. The van der Waals surface area contributed by atoms with E-state index in [1.807, 2.05) is 20.8 Å². The molecular formula is C11H12Cl2O2. The van der Waals surface area contributed by atoms with E-state index < -0.39 is 5.97 Å². The van der Waals surface area contributed by atoms with Crippen LogP contribution in [0.3, 0.4) is 0 Å². The van der Waals surface area contributed by atoms with Crippen LogP contribution in [0.5, 0.6) is 0 Å². The fourth-order valence-electron chi connectivity index (χ4n) is 1.29. The first-order valence-electron chi connectivity index (χ1n) is 4.46. The SMILES string of the molecule is CC(C)(C)c1cc(Cl)cc(C(=O)O)c1Cl. The maximum Gasteiger partial charge on any atom is 0.337 e. The van der Waals surface area contributed by atoms with Crippen LogP contribution in [0.15, 0.2) is 12.1 Å². The van der Waals surface area contributed by atoms with Gasteiger partial charge in [0.1, 0.15) is 0 Å². The van der Waals surface area contributed by atoms with Gasteiger partial charge in [-0.25, -0.2) is 4.79 Å². The molecule has 0 heterocycles. The van der Waals surface area contributed by atoms with Crippen molar-refractivity contribution in [1.29, 1.82) is 0 Å². The van der Waals surface area contributed by atoms with E-state index in [4.69, 9.17) is 28.3 Å². The zero-order valence-corrected chi connectivity index (χ0v) is 10.3. The lowest BCUT2D eigenvalue weighted by molar-refractivity contribution is 0.0697. The second-order valence-electron chi connectivity index (χ2n) is 4.37. The van der Waals surface area contributed by atoms with Crippen LogP contribution < -0.4 is 0 Å². The number of halogens is 2. The summed E-state index contributed by atoms with van der Waals surface area (Å²) in [6, 6.07) is 3.07. The summed E-state index contributed by atoms with van der Waals surface area (Å²) >= 11 is 11.9. The van der Waals surface area contributed by atoms with Crippen LogP contribution in [-0.4, -0.2) is 11.1 Å². The average Bonchev–Trinajstić information content (AvgIpc) is 2.06. The highest BCUT2D eigenvalue weighted by atomic mass is 35.5. The molecule has 0 spiro atoms. The maximum absolute atomic E-state index is 10.9. The number of rotatable bonds is 1. The van der Waals surface area contributed by atoms with E-state index in [0.717, 1.165) is 5.56 Å². The molecule has 1 aromatic rings. The van der Waals surface area contributed by atoms with Gasteiger partial charge < -0.3 is 5.11 Å². The van der Waals surface area contributed by atoms with Crippen LogP contribution >= 0.6 is 23.2 Å². The summed E-state index contributed by atoms with van der Waals surface area (Å²) in [5, 5.41) is 9.59. The van der Waals surface area contributed by atoms with Gasteiger partial charge in [0.2, 0.25) is 0 Å². The Labute approximate surface area is 98.8 Å². The molecule has 82 valence electrons. The third kappa shape index (κ3) is 2.64. The molecule has 0 bridgehead atoms. The molecule has 0 saturated heterocycles. The topological polar surface area (TPSA) is 37.3 Å². The molecule has 0 aliphatic carbocycles. The third-order valence-corrected chi connectivity index (χ3v) is 2.70. The maximum atomic E-state index is 10.9. The van der Waals surface area contributed by atoms with Crippen molar-refractivity contribution in [1.82, 2.24) is 0 Å². The van der Waals surface area contributed by atoms with Gasteiger partial charge in [-0.1, -0.05) is 44.0 Å². The first-order valence-corrected chi connectivity index (χ1v) is 5.22. The molecule has 0 aliphatic rings. The number of benzene rings is 1. The van der Waals surface area contributed by atoms with Crippen LogP contribution in [-0.2, 0) is 5.41 Å². The minimum atomic E-state index is -1.06. The van der Waals surface area contributed by atoms with E-state index in [1.165, 1.54) is 6.07 Å². The van der Waals surface area contributed by atoms with Crippen molar-refractivity contribution in [2.24, 2.45) is 0 Å². The second-order valence-corrected chi connectivity index (χ2v) is 5.18. The Hall–Kier alpha value is -0.730. The van der Waals surface area contributed by atoms with Crippen LogP contribution in [0.25, 0.3) is 0 Å². The highest BCUT2D eigenvalue weighted by molar-refractivity contribution is 6.36. The number of carboxylic acids is 1. The minimum Gasteiger partial charge on any atom is -0.478 e. The van der Waals surface area contributed by atoms with Crippen molar-refractivity contribution >= 4 is 29.2 Å². The van der Waals surface area contributed by atoms with E-state index in [9.17, 15) is 4.79 Å². The standard InChI is InChI=1S/C11H12Cl2O2/c1-11(2,3)8-5-6(12)4-7(9(8)13)10(14)15/h4-5H,1-3H3,(H,14,15). The Morgan fingerprint density at radius 2 is 1.80 bits per heavy atom. The predicted molar refractivity (Wildman–Crippen MR) is 62.1 cm³/mol. The second kappa shape index (κ2) is 4.03. The van der Waals surface area contributed by atoms with Gasteiger partial charge in [-0.2, -0.15) is 0 Å². The molecule has 0 fully saturated rings. The summed E-state index contributed by atoms with van der Waals surface area (Å²) in [7, 11) is 0. The molecule has 0 atom stereocenters. The molecular weight excluding hydrogens is 235 g/mol. The van der Waals surface area contributed by atoms with Gasteiger partial charge in [-0.15, -0.1) is 0 Å². The zero-order chi connectivity index (χ0) is 11.8. The van der Waals surface area contributed by atoms with Gasteiger partial charge in [-0.3, -0.25) is 0 Å². The molecule has 0 amide bonds. The lowest BCUT2D eigenvalue weighted by atomic mass is 9.86. The summed E-state index contributed by atoms with van der Waals surface area (Å²) in [4.78, 5) is 10.9. The summed E-state index contributed by atoms with van der Waals surface area (Å²) in [5.41, 5.74) is 0.565. The first kappa shape index (κ1) is 12.3. The lowest BCUT2D eigenvalue weighted by Gasteiger charge is -2.21. The summed E-state index contributed by atoms with van der Waals surface area (Å²) in [6.07, 6.45) is 0. The largest absolute Gasteiger partial charge is 0.478 e. The summed E-state index contributed by atoms with van der Waals surface area (Å²) in [5.74, 6) is -1.06. The number of aromatic carboxylic acids is 1. The van der Waals surface area contributed by atoms with Gasteiger partial charge in [0.15, 0.2) is 0 Å². The van der Waals surface area contributed by atoms with Gasteiger partial charge in [0, 0.05) is 5.02 Å². The Morgan fingerprint density at radius 3 is 2.20 bits per heavy atom. The normalized spacial score (nSPS) is 11.5. The van der Waals surface area contributed by atoms with Crippen LogP contribution in [0.4, 0.5) is 0 Å². The molecule has 1 rings (SSSR count). The number of hydrogen-bond donors (Lipinski definition) is 1. The fraction of sp³-hybridized carbons (Fsp3) is 0.364. The summed E-state index contributed by atoms with van der Waals surface area (Å²) in [6.45, 7) is 5.86. The lowest BCUT2D eigenvalue weighted by Crippen LogP contribution is -2.14. The van der Waals surface area contributed by atoms with Crippen LogP contribution in [0.2, 0.25) is 10.0 Å². The molecule has 0 aliphatic heterocycles. The Bertz CT molecular complexity index is 406. The monoisotopic (exact) mass is 246 g/mol. The van der Waals surface area contributed by atoms with E-state index in [0.29, 0.717) is 5.02 Å². The van der Waals surface area contributed by atoms with Gasteiger partial charge >= 0.3 is 5.97 Å². The van der Waals surface area contributed by atoms with Crippen molar-refractivity contribution in [3.63, 3.8) is 0 Å². The van der Waals surface area contributed by atoms with Crippen molar-refractivity contribution in [3.8, 4) is 0 Å². The molecule has 0 unspecified atom stereocenters. The molecule has 2 nitrogen and oxygen atoms in total. The smallest absolute Gasteiger partial charge is 0.337 e. The minimum absolute atomic E-state index is 0.0501. The Kier molecular flexibility index (Phi) is 3.31. The van der Waals surface area contributed by atoms with Crippen LogP contribution in [0.1, 0.15) is 36.7 Å². The van der Waals surface area contributed by atoms with Gasteiger partial charge in [-0.05, 0) is 23.1 Å². The van der Waals surface area contributed by atoms with E-state index in [-0.39, 0.29) is 16.0 Å². The van der Waals surface area contributed by atoms with Crippen molar-refractivity contribution in [2.45, 2.75) is 26.2 Å². The van der Waals surface area contributed by atoms with E-state index in [1.54, 1.807) is 6.07 Å².